The van der Waals surface area contributed by atoms with Crippen LogP contribution in [0.4, 0.5) is 0 Å². The topological polar surface area (TPSA) is 75.5 Å². The molecule has 0 fully saturated rings. The van der Waals surface area contributed by atoms with E-state index in [-0.39, 0.29) is 60.0 Å². The summed E-state index contributed by atoms with van der Waals surface area (Å²) in [5.41, 5.74) is 4.95. The van der Waals surface area contributed by atoms with Gasteiger partial charge < -0.3 is 52.2 Å². The Kier molecular flexibility index (Phi) is 16.1. The summed E-state index contributed by atoms with van der Waals surface area (Å²) in [5, 5.41) is 21.5. The number of halogens is 3. The van der Waals surface area contributed by atoms with Crippen molar-refractivity contribution in [3.8, 4) is 51.2 Å². The Balaban J connectivity index is 0.00000342. The van der Waals surface area contributed by atoms with Crippen molar-refractivity contribution < 1.29 is 69.2 Å². The number of aromatic hydroxyl groups is 2. The third-order valence-electron chi connectivity index (χ3n) is 5.95. The van der Waals surface area contributed by atoms with Crippen molar-refractivity contribution in [3.63, 3.8) is 0 Å². The molecule has 202 valence electrons. The largest absolute Gasteiger partial charge is 3.00 e. The van der Waals surface area contributed by atoms with Crippen molar-refractivity contribution in [2.45, 2.75) is 39.0 Å². The van der Waals surface area contributed by atoms with E-state index in [9.17, 15) is 10.2 Å². The summed E-state index contributed by atoms with van der Waals surface area (Å²) in [6, 6.07) is 22.5. The molecule has 0 aliphatic rings. The molecular weight excluding hydrogens is 586 g/mol. The number of aryl methyl sites for hydroxylation is 1. The molecule has 0 bridgehead atoms. The quantitative estimate of drug-likeness (QED) is 0.169. The van der Waals surface area contributed by atoms with Crippen LogP contribution in [0.2, 0.25) is 0 Å². The summed E-state index contributed by atoms with van der Waals surface area (Å²) in [6.45, 7) is 2.20. The minimum Gasteiger partial charge on any atom is -1.00 e. The molecule has 2 N–H and O–H groups in total. The van der Waals surface area contributed by atoms with Crippen LogP contribution < -0.4 is 42.0 Å². The van der Waals surface area contributed by atoms with Crippen LogP contribution in [0.1, 0.15) is 38.2 Å². The predicted molar refractivity (Wildman–Crippen MR) is 136 cm³/mol. The molecule has 2 aromatic heterocycles. The first kappa shape index (κ1) is 35.5. The number of hydrogen-bond donors (Lipinski definition) is 2. The van der Waals surface area contributed by atoms with Crippen molar-refractivity contribution in [2.24, 2.45) is 0 Å². The number of nitrogens with zero attached hydrogens (tertiary/aromatic N) is 2. The molecule has 9 heteroatoms. The Morgan fingerprint density at radius 2 is 1.13 bits per heavy atom. The van der Waals surface area contributed by atoms with Gasteiger partial charge in [0.1, 0.15) is 5.75 Å². The van der Waals surface area contributed by atoms with Gasteiger partial charge in [0.05, 0.1) is 29.9 Å². The van der Waals surface area contributed by atoms with E-state index in [0.717, 1.165) is 24.0 Å². The molecule has 0 amide bonds. The van der Waals surface area contributed by atoms with Gasteiger partial charge in [0.15, 0.2) is 11.5 Å². The first-order chi connectivity index (χ1) is 16.6. The van der Waals surface area contributed by atoms with Crippen LogP contribution >= 0.6 is 0 Å². The molecule has 0 radical (unpaired) electrons. The molecule has 38 heavy (non-hydrogen) atoms. The second-order valence-corrected chi connectivity index (χ2v) is 8.30. The summed E-state index contributed by atoms with van der Waals surface area (Å²) < 4.78 is 5.23. The van der Waals surface area contributed by atoms with Crippen molar-refractivity contribution in [2.75, 3.05) is 7.11 Å². The molecule has 2 aromatic carbocycles. The fourth-order valence-corrected chi connectivity index (χ4v) is 4.09. The van der Waals surface area contributed by atoms with Crippen molar-refractivity contribution in [3.05, 3.63) is 78.4 Å². The molecular formula is C29H30Cl3MnN2O3. The van der Waals surface area contributed by atoms with Crippen LogP contribution in [0.5, 0.6) is 17.2 Å². The summed E-state index contributed by atoms with van der Waals surface area (Å²) in [4.78, 5) is 9.55. The van der Waals surface area contributed by atoms with E-state index in [1.165, 1.54) is 26.4 Å². The molecule has 4 aromatic rings. The molecule has 0 saturated carbocycles. The number of phenols is 2. The molecule has 0 aliphatic heterocycles. The number of aromatic nitrogens is 2. The first-order valence-corrected chi connectivity index (χ1v) is 11.7. The molecule has 0 saturated heterocycles. The van der Waals surface area contributed by atoms with E-state index in [4.69, 9.17) is 14.7 Å². The molecule has 0 unspecified atom stereocenters. The summed E-state index contributed by atoms with van der Waals surface area (Å²) in [6.07, 6.45) is 5.48. The maximum absolute atomic E-state index is 10.9. The van der Waals surface area contributed by atoms with Crippen LogP contribution in [0.15, 0.2) is 72.8 Å². The zero-order valence-corrected chi connectivity index (χ0v) is 24.6. The molecule has 2 heterocycles. The second-order valence-electron chi connectivity index (χ2n) is 8.30. The van der Waals surface area contributed by atoms with Gasteiger partial charge in [-0.3, -0.25) is 0 Å². The van der Waals surface area contributed by atoms with Gasteiger partial charge in [0.2, 0.25) is 0 Å². The monoisotopic (exact) mass is 614 g/mol. The van der Waals surface area contributed by atoms with E-state index in [2.05, 4.69) is 6.92 Å². The summed E-state index contributed by atoms with van der Waals surface area (Å²) in [5.74, 6) is 0.749. The maximum atomic E-state index is 10.9. The van der Waals surface area contributed by atoms with E-state index in [0.29, 0.717) is 39.8 Å². The summed E-state index contributed by atoms with van der Waals surface area (Å²) >= 11 is 0. The zero-order valence-electron chi connectivity index (χ0n) is 21.2. The van der Waals surface area contributed by atoms with E-state index in [1.807, 2.05) is 60.7 Å². The van der Waals surface area contributed by atoms with Crippen LogP contribution in [-0.2, 0) is 23.5 Å². The smallest absolute Gasteiger partial charge is 1.00 e. The third kappa shape index (κ3) is 8.26. The number of methoxy groups -OCH3 is 1. The third-order valence-corrected chi connectivity index (χ3v) is 5.95. The Morgan fingerprint density at radius 3 is 1.68 bits per heavy atom. The molecule has 0 aliphatic carbocycles. The van der Waals surface area contributed by atoms with Gasteiger partial charge in [-0.2, -0.15) is 0 Å². The second kappa shape index (κ2) is 17.2. The van der Waals surface area contributed by atoms with E-state index in [1.54, 1.807) is 12.1 Å². The van der Waals surface area contributed by atoms with Crippen LogP contribution in [-0.4, -0.2) is 27.3 Å². The number of hydrogen-bond acceptors (Lipinski definition) is 5. The zero-order chi connectivity index (χ0) is 23.9. The standard InChI is InChI=1S/C29H30N2O3.3ClH.Mn/c1-3-4-5-6-11-20-12-7-13-21(28(20)32)23-15-9-17-25(30-23)26-18-10-16-24(31-26)22-14-8-19-27(34-2)29(22)33;;;;/h7-10,12-19,32-33H,3-6,11H2,1-2H3;3*1H;/q;;;;+3/p-3. The first-order valence-electron chi connectivity index (χ1n) is 11.7. The number of unbranched alkanes of at least 4 members (excludes halogenated alkanes) is 3. The number of ether oxygens (including phenoxy) is 1. The van der Waals surface area contributed by atoms with Gasteiger partial charge >= 0.3 is 17.1 Å². The number of benzene rings is 2. The SMILES string of the molecule is CCCCCCc1cccc(-c2cccc(-c3cccc(-c4cccc(OC)c4O)n3)n2)c1O.[Cl-].[Cl-].[Cl-].[Mn+3]. The summed E-state index contributed by atoms with van der Waals surface area (Å²) in [7, 11) is 1.52. The number of pyridine rings is 2. The predicted octanol–water partition coefficient (Wildman–Crippen LogP) is -1.97. The van der Waals surface area contributed by atoms with Crippen LogP contribution in [0.25, 0.3) is 33.9 Å². The van der Waals surface area contributed by atoms with Gasteiger partial charge in [-0.15, -0.1) is 0 Å². The molecule has 0 spiro atoms. The van der Waals surface area contributed by atoms with Gasteiger partial charge in [-0.25, -0.2) is 9.97 Å². The van der Waals surface area contributed by atoms with Crippen molar-refractivity contribution in [1.29, 1.82) is 0 Å². The Hall–Kier alpha value is -2.47. The Morgan fingerprint density at radius 1 is 0.632 bits per heavy atom. The molecule has 4 rings (SSSR count). The van der Waals surface area contributed by atoms with E-state index >= 15 is 0 Å². The molecule has 0 atom stereocenters. The van der Waals surface area contributed by atoms with E-state index < -0.39 is 0 Å². The number of rotatable bonds is 9. The van der Waals surface area contributed by atoms with Gasteiger partial charge in [-0.05, 0) is 60.9 Å². The fourth-order valence-electron chi connectivity index (χ4n) is 4.09. The fraction of sp³-hybridized carbons (Fsp3) is 0.241. The van der Waals surface area contributed by atoms with Gasteiger partial charge in [0.25, 0.3) is 0 Å². The van der Waals surface area contributed by atoms with Gasteiger partial charge in [0, 0.05) is 11.1 Å². The minimum absolute atomic E-state index is 0. The Bertz CT molecular complexity index is 1290. The van der Waals surface area contributed by atoms with Crippen molar-refractivity contribution in [1.82, 2.24) is 9.97 Å². The average molecular weight is 616 g/mol. The molecule has 5 nitrogen and oxygen atoms in total. The van der Waals surface area contributed by atoms with Crippen LogP contribution in [0, 0.1) is 0 Å². The average Bonchev–Trinajstić information content (AvgIpc) is 2.88. The van der Waals surface area contributed by atoms with Crippen LogP contribution in [0.3, 0.4) is 0 Å². The Labute approximate surface area is 253 Å². The van der Waals surface area contributed by atoms with Gasteiger partial charge in [-0.1, -0.05) is 56.5 Å². The normalized spacial score (nSPS) is 9.74. The van der Waals surface area contributed by atoms with Crippen molar-refractivity contribution >= 4 is 0 Å². The number of para-hydroxylation sites is 2. The minimum atomic E-state index is 0. The maximum Gasteiger partial charge on any atom is 3.00 e. The number of phenolic OH excluding ortho intramolecular Hbond substituents is 2.